The molecule has 0 radical (unpaired) electrons. The Morgan fingerprint density at radius 1 is 1.32 bits per heavy atom. The predicted octanol–water partition coefficient (Wildman–Crippen LogP) is 0.816. The van der Waals surface area contributed by atoms with Crippen LogP contribution in [0.3, 0.4) is 0 Å². The van der Waals surface area contributed by atoms with Gasteiger partial charge in [0.1, 0.15) is 0 Å². The van der Waals surface area contributed by atoms with Crippen molar-refractivity contribution in [1.82, 2.24) is 20.2 Å². The Labute approximate surface area is 190 Å². The number of hydrogen-bond donors (Lipinski definition) is 2. The first-order valence-corrected chi connectivity index (χ1v) is 11.5. The van der Waals surface area contributed by atoms with E-state index in [1.54, 1.807) is 0 Å². The zero-order valence-electron chi connectivity index (χ0n) is 18.3. The van der Waals surface area contributed by atoms with Crippen molar-refractivity contribution in [2.24, 2.45) is 0 Å². The summed E-state index contributed by atoms with van der Waals surface area (Å²) < 4.78 is 0. The maximum Gasteiger partial charge on any atom is 0.238 e. The van der Waals surface area contributed by atoms with Crippen LogP contribution in [-0.4, -0.2) is 61.5 Å². The van der Waals surface area contributed by atoms with Crippen LogP contribution < -0.4 is 22.1 Å². The van der Waals surface area contributed by atoms with Crippen LogP contribution in [0.4, 0.5) is 5.95 Å². The van der Waals surface area contributed by atoms with Crippen LogP contribution in [0, 0.1) is 6.92 Å². The molecule has 0 bridgehead atoms. The zero-order chi connectivity index (χ0) is 22.0. The van der Waals surface area contributed by atoms with Gasteiger partial charge in [-0.25, -0.2) is 9.97 Å². The standard InChI is InChI=1S/C22H28B2ClN5O/c1-3-27-21(31)17-12-15-19(28-22(26)29-20(15)24-17)14-11-16(18(25)10-13(14)2)23-6-9-30-7-4-5-8-30/h10-12,23-24H,3-9H2,1-2H3,(H,27,31)(H2,26,28,29). The highest BCUT2D eigenvalue weighted by Crippen LogP contribution is 2.29. The second-order valence-electron chi connectivity index (χ2n) is 8.41. The second kappa shape index (κ2) is 9.45. The number of rotatable bonds is 7. The Morgan fingerprint density at radius 3 is 2.84 bits per heavy atom. The fourth-order valence-corrected chi connectivity index (χ4v) is 4.83. The Balaban J connectivity index is 1.64. The molecule has 0 atom stereocenters. The van der Waals surface area contributed by atoms with E-state index in [9.17, 15) is 4.79 Å². The molecule has 1 saturated heterocycles. The normalized spacial score (nSPS) is 15.4. The van der Waals surface area contributed by atoms with E-state index in [0.29, 0.717) is 19.3 Å². The number of hydrogen-bond acceptors (Lipinski definition) is 5. The maximum atomic E-state index is 12.4. The molecule has 6 nitrogen and oxygen atoms in total. The van der Waals surface area contributed by atoms with E-state index in [1.807, 2.05) is 26.0 Å². The number of fused-ring (bicyclic) bond motifs is 1. The SMILES string of the molecule is CCNC(=O)C1=Cc2c(nc(N)nc2-c2cc(BCCN3CCCC3)c(Cl)cc2C)B1. The van der Waals surface area contributed by atoms with Gasteiger partial charge in [0.15, 0.2) is 7.28 Å². The summed E-state index contributed by atoms with van der Waals surface area (Å²) in [7, 11) is 1.39. The van der Waals surface area contributed by atoms with Gasteiger partial charge in [-0.2, -0.15) is 0 Å². The molecule has 2 aromatic rings. The summed E-state index contributed by atoms with van der Waals surface area (Å²) in [5.41, 5.74) is 12.3. The molecule has 31 heavy (non-hydrogen) atoms. The molecular formula is C22H28B2ClN5O. The van der Waals surface area contributed by atoms with E-state index in [4.69, 9.17) is 17.3 Å². The third-order valence-electron chi connectivity index (χ3n) is 6.11. The van der Waals surface area contributed by atoms with Crippen LogP contribution in [-0.2, 0) is 4.79 Å². The number of anilines is 1. The molecule has 4 rings (SSSR count). The van der Waals surface area contributed by atoms with Gasteiger partial charge < -0.3 is 16.0 Å². The second-order valence-corrected chi connectivity index (χ2v) is 8.81. The number of amides is 1. The molecule has 0 aliphatic carbocycles. The molecule has 160 valence electrons. The summed E-state index contributed by atoms with van der Waals surface area (Å²) in [5, 5.41) is 3.65. The van der Waals surface area contributed by atoms with Crippen LogP contribution in [0.2, 0.25) is 11.3 Å². The Hall–Kier alpha value is -2.31. The molecule has 2 aliphatic rings. The van der Waals surface area contributed by atoms with Crippen LogP contribution in [0.5, 0.6) is 0 Å². The monoisotopic (exact) mass is 435 g/mol. The fourth-order valence-electron chi connectivity index (χ4n) is 4.52. The zero-order valence-corrected chi connectivity index (χ0v) is 19.1. The number of benzene rings is 1. The number of likely N-dealkylation sites (N-methyl/N-ethyl adjacent to an activating group) is 1. The predicted molar refractivity (Wildman–Crippen MR) is 132 cm³/mol. The van der Waals surface area contributed by atoms with E-state index < -0.39 is 0 Å². The van der Waals surface area contributed by atoms with Crippen molar-refractivity contribution < 1.29 is 4.79 Å². The van der Waals surface area contributed by atoms with Crippen LogP contribution in [0.15, 0.2) is 17.6 Å². The summed E-state index contributed by atoms with van der Waals surface area (Å²) in [6, 6.07) is 4.15. The number of nitrogens with one attached hydrogen (secondary N) is 1. The van der Waals surface area contributed by atoms with Gasteiger partial charge in [-0.3, -0.25) is 4.79 Å². The number of carbonyl (C=O) groups is 1. The molecule has 1 aromatic heterocycles. The van der Waals surface area contributed by atoms with Crippen LogP contribution in [0.25, 0.3) is 17.3 Å². The van der Waals surface area contributed by atoms with Gasteiger partial charge >= 0.3 is 0 Å². The maximum absolute atomic E-state index is 12.4. The smallest absolute Gasteiger partial charge is 0.238 e. The van der Waals surface area contributed by atoms with Gasteiger partial charge in [0, 0.05) is 28.3 Å². The average molecular weight is 436 g/mol. The van der Waals surface area contributed by atoms with Crippen molar-refractivity contribution in [2.45, 2.75) is 33.0 Å². The highest BCUT2D eigenvalue weighted by Gasteiger charge is 2.26. The van der Waals surface area contributed by atoms with Crippen molar-refractivity contribution in [1.29, 1.82) is 0 Å². The minimum absolute atomic E-state index is 0.0690. The van der Waals surface area contributed by atoms with E-state index >= 15 is 0 Å². The van der Waals surface area contributed by atoms with Crippen molar-refractivity contribution in [3.05, 3.63) is 33.8 Å². The highest BCUT2D eigenvalue weighted by molar-refractivity contribution is 6.70. The van der Waals surface area contributed by atoms with Gasteiger partial charge in [0.2, 0.25) is 19.1 Å². The first-order chi connectivity index (χ1) is 15.0. The third kappa shape index (κ3) is 4.80. The van der Waals surface area contributed by atoms with Gasteiger partial charge in [0.05, 0.1) is 5.69 Å². The molecule has 0 saturated carbocycles. The summed E-state index contributed by atoms with van der Waals surface area (Å²) in [6.45, 7) is 8.05. The number of carbonyl (C=O) groups excluding carboxylic acids is 1. The summed E-state index contributed by atoms with van der Waals surface area (Å²) in [6.07, 6.45) is 5.59. The fraction of sp³-hybridized carbons (Fsp3) is 0.409. The van der Waals surface area contributed by atoms with Crippen LogP contribution in [0.1, 0.15) is 30.9 Å². The van der Waals surface area contributed by atoms with Crippen molar-refractivity contribution >= 4 is 55.1 Å². The van der Waals surface area contributed by atoms with E-state index in [-0.39, 0.29) is 11.9 Å². The molecule has 3 heterocycles. The summed E-state index contributed by atoms with van der Waals surface area (Å²) >= 11 is 6.60. The van der Waals surface area contributed by atoms with E-state index in [1.165, 1.54) is 25.9 Å². The third-order valence-corrected chi connectivity index (χ3v) is 6.47. The number of halogens is 1. The van der Waals surface area contributed by atoms with Gasteiger partial charge in [-0.05, 0) is 63.4 Å². The minimum atomic E-state index is -0.0690. The van der Waals surface area contributed by atoms with Crippen molar-refractivity contribution in [2.75, 3.05) is 31.9 Å². The van der Waals surface area contributed by atoms with Gasteiger partial charge in [-0.15, -0.1) is 0 Å². The lowest BCUT2D eigenvalue weighted by atomic mass is 9.66. The Bertz CT molecular complexity index is 1040. The first kappa shape index (κ1) is 21.9. The molecule has 2 aliphatic heterocycles. The van der Waals surface area contributed by atoms with E-state index in [0.717, 1.165) is 58.6 Å². The molecule has 1 fully saturated rings. The van der Waals surface area contributed by atoms with Gasteiger partial charge in [-0.1, -0.05) is 35.5 Å². The Morgan fingerprint density at radius 2 is 2.10 bits per heavy atom. The Kier molecular flexibility index (Phi) is 6.68. The molecule has 1 aromatic carbocycles. The molecule has 1 amide bonds. The highest BCUT2D eigenvalue weighted by atomic mass is 35.5. The average Bonchev–Trinajstić information content (AvgIpc) is 3.39. The number of nitrogens with two attached hydrogens (primary N) is 1. The number of nitrogen functional groups attached to an aromatic ring is 1. The molecule has 9 heteroatoms. The quantitative estimate of drug-likeness (QED) is 0.629. The molecule has 3 N–H and O–H groups in total. The number of aryl methyl sites for hydroxylation is 1. The largest absolute Gasteiger partial charge is 0.368 e. The molecular weight excluding hydrogens is 407 g/mol. The lowest BCUT2D eigenvalue weighted by molar-refractivity contribution is -0.116. The van der Waals surface area contributed by atoms with E-state index in [2.05, 4.69) is 26.3 Å². The lowest BCUT2D eigenvalue weighted by Gasteiger charge is -2.16. The number of nitrogens with zero attached hydrogens (tertiary/aromatic N) is 3. The summed E-state index contributed by atoms with van der Waals surface area (Å²) in [4.78, 5) is 23.8. The molecule has 0 spiro atoms. The van der Waals surface area contributed by atoms with Crippen molar-refractivity contribution in [3.8, 4) is 11.3 Å². The summed E-state index contributed by atoms with van der Waals surface area (Å²) in [5.74, 6) is 0.157. The molecule has 0 unspecified atom stereocenters. The first-order valence-electron chi connectivity index (χ1n) is 11.1. The van der Waals surface area contributed by atoms with Gasteiger partial charge in [0.25, 0.3) is 0 Å². The number of aromatic nitrogens is 2. The minimum Gasteiger partial charge on any atom is -0.368 e. The van der Waals surface area contributed by atoms with Crippen molar-refractivity contribution in [3.63, 3.8) is 0 Å². The number of likely N-dealkylation sites (tertiary alicyclic amines) is 1. The topological polar surface area (TPSA) is 84.1 Å². The lowest BCUT2D eigenvalue weighted by Crippen LogP contribution is -2.30. The van der Waals surface area contributed by atoms with Crippen LogP contribution >= 0.6 is 11.6 Å².